The van der Waals surface area contributed by atoms with Gasteiger partial charge >= 0.3 is 0 Å². The third-order valence-electron chi connectivity index (χ3n) is 3.78. The van der Waals surface area contributed by atoms with Crippen LogP contribution >= 0.6 is 11.5 Å². The Hall–Kier alpha value is -1.50. The van der Waals surface area contributed by atoms with E-state index in [1.165, 1.54) is 11.5 Å². The maximum Gasteiger partial charge on any atom is 0.205 e. The van der Waals surface area contributed by atoms with E-state index in [0.717, 1.165) is 42.7 Å². The molecule has 0 aliphatic carbocycles. The number of piperazine rings is 1. The van der Waals surface area contributed by atoms with Crippen LogP contribution in [0.15, 0.2) is 30.3 Å². The van der Waals surface area contributed by atoms with Crippen molar-refractivity contribution in [1.29, 1.82) is 0 Å². The SMILES string of the molecule is Cc1nsc(N2CCN(C[C@H](O)c3ccccc3)CC2)n1. The van der Waals surface area contributed by atoms with E-state index in [0.29, 0.717) is 6.54 Å². The van der Waals surface area contributed by atoms with Crippen molar-refractivity contribution in [3.8, 4) is 0 Å². The fourth-order valence-electron chi connectivity index (χ4n) is 2.56. The van der Waals surface area contributed by atoms with Gasteiger partial charge in [0.1, 0.15) is 5.82 Å². The third-order valence-corrected chi connectivity index (χ3v) is 4.64. The highest BCUT2D eigenvalue weighted by Gasteiger charge is 2.21. The molecule has 112 valence electrons. The van der Waals surface area contributed by atoms with E-state index in [1.54, 1.807) is 0 Å². The summed E-state index contributed by atoms with van der Waals surface area (Å²) in [7, 11) is 0. The molecule has 1 N–H and O–H groups in total. The van der Waals surface area contributed by atoms with E-state index >= 15 is 0 Å². The molecule has 6 heteroatoms. The Balaban J connectivity index is 1.52. The van der Waals surface area contributed by atoms with Gasteiger partial charge in [-0.25, -0.2) is 4.98 Å². The minimum absolute atomic E-state index is 0.415. The van der Waals surface area contributed by atoms with Crippen LogP contribution in [0.2, 0.25) is 0 Å². The lowest BCUT2D eigenvalue weighted by molar-refractivity contribution is 0.109. The zero-order valence-corrected chi connectivity index (χ0v) is 13.0. The van der Waals surface area contributed by atoms with E-state index < -0.39 is 6.10 Å². The van der Waals surface area contributed by atoms with Crippen molar-refractivity contribution in [3.05, 3.63) is 41.7 Å². The lowest BCUT2D eigenvalue weighted by Crippen LogP contribution is -2.47. The zero-order chi connectivity index (χ0) is 14.7. The van der Waals surface area contributed by atoms with Crippen molar-refractivity contribution >= 4 is 16.7 Å². The summed E-state index contributed by atoms with van der Waals surface area (Å²) in [5.41, 5.74) is 0.986. The molecule has 2 aromatic rings. The number of rotatable bonds is 4. The number of aliphatic hydroxyl groups is 1. The third kappa shape index (κ3) is 3.58. The van der Waals surface area contributed by atoms with Gasteiger partial charge < -0.3 is 10.0 Å². The molecule has 0 radical (unpaired) electrons. The molecule has 1 aliphatic rings. The molecule has 1 saturated heterocycles. The topological polar surface area (TPSA) is 52.5 Å². The lowest BCUT2D eigenvalue weighted by atomic mass is 10.1. The first-order valence-corrected chi connectivity index (χ1v) is 8.00. The van der Waals surface area contributed by atoms with Crippen LogP contribution in [0.5, 0.6) is 0 Å². The number of hydrogen-bond donors (Lipinski definition) is 1. The van der Waals surface area contributed by atoms with Gasteiger partial charge in [-0.2, -0.15) is 4.37 Å². The van der Waals surface area contributed by atoms with Gasteiger partial charge in [0.05, 0.1) is 6.10 Å². The van der Waals surface area contributed by atoms with E-state index in [-0.39, 0.29) is 0 Å². The highest BCUT2D eigenvalue weighted by molar-refractivity contribution is 7.09. The second-order valence-electron chi connectivity index (χ2n) is 5.34. The summed E-state index contributed by atoms with van der Waals surface area (Å²) < 4.78 is 4.23. The number of nitrogens with zero attached hydrogens (tertiary/aromatic N) is 4. The molecule has 0 bridgehead atoms. The van der Waals surface area contributed by atoms with Crippen LogP contribution in [0, 0.1) is 6.92 Å². The molecule has 1 aliphatic heterocycles. The molecule has 0 amide bonds. The van der Waals surface area contributed by atoms with Gasteiger partial charge in [-0.3, -0.25) is 4.90 Å². The van der Waals surface area contributed by atoms with Gasteiger partial charge in [-0.15, -0.1) is 0 Å². The van der Waals surface area contributed by atoms with E-state index in [2.05, 4.69) is 19.2 Å². The van der Waals surface area contributed by atoms with Crippen molar-refractivity contribution in [3.63, 3.8) is 0 Å². The van der Waals surface area contributed by atoms with Gasteiger partial charge in [-0.1, -0.05) is 30.3 Å². The molecule has 1 aromatic heterocycles. The second-order valence-corrected chi connectivity index (χ2v) is 6.07. The molecule has 1 fully saturated rings. The predicted octanol–water partition coefficient (Wildman–Crippen LogP) is 1.70. The number of aryl methyl sites for hydroxylation is 1. The molecule has 21 heavy (non-hydrogen) atoms. The summed E-state index contributed by atoms with van der Waals surface area (Å²) in [4.78, 5) is 9.01. The Morgan fingerprint density at radius 2 is 1.90 bits per heavy atom. The standard InChI is InChI=1S/C15H20N4OS/c1-12-16-15(21-17-12)19-9-7-18(8-10-19)11-14(20)13-5-3-2-4-6-13/h2-6,14,20H,7-11H2,1H3/t14-/m0/s1. The average molecular weight is 304 g/mol. The Morgan fingerprint density at radius 1 is 1.19 bits per heavy atom. The van der Waals surface area contributed by atoms with Gasteiger partial charge in [0.2, 0.25) is 5.13 Å². The van der Waals surface area contributed by atoms with Crippen LogP contribution in [0.4, 0.5) is 5.13 Å². The molecule has 5 nitrogen and oxygen atoms in total. The smallest absolute Gasteiger partial charge is 0.205 e. The first-order valence-electron chi connectivity index (χ1n) is 7.23. The summed E-state index contributed by atoms with van der Waals surface area (Å²) >= 11 is 1.46. The molecule has 1 aromatic carbocycles. The Bertz CT molecular complexity index is 566. The largest absolute Gasteiger partial charge is 0.387 e. The normalized spacial score (nSPS) is 17.9. The summed E-state index contributed by atoms with van der Waals surface area (Å²) in [6.45, 7) is 6.39. The van der Waals surface area contributed by atoms with Gasteiger partial charge in [0.15, 0.2) is 0 Å². The van der Waals surface area contributed by atoms with Crippen LogP contribution in [0.25, 0.3) is 0 Å². The number of aromatic nitrogens is 2. The van der Waals surface area contributed by atoms with Crippen LogP contribution in [-0.4, -0.2) is 52.1 Å². The summed E-state index contributed by atoms with van der Waals surface area (Å²) in [5, 5.41) is 11.3. The quantitative estimate of drug-likeness (QED) is 0.932. The number of benzene rings is 1. The maximum atomic E-state index is 10.3. The predicted molar refractivity (Wildman–Crippen MR) is 84.7 cm³/mol. The number of hydrogen-bond acceptors (Lipinski definition) is 6. The fraction of sp³-hybridized carbons (Fsp3) is 0.467. The highest BCUT2D eigenvalue weighted by atomic mass is 32.1. The highest BCUT2D eigenvalue weighted by Crippen LogP contribution is 2.20. The number of β-amino-alcohol motifs (C(OH)–C–C–N with tert-alkyl or cyclic N) is 1. The molecule has 1 atom stereocenters. The van der Waals surface area contributed by atoms with E-state index in [9.17, 15) is 5.11 Å². The zero-order valence-electron chi connectivity index (χ0n) is 12.1. The first-order chi connectivity index (χ1) is 10.2. The molecule has 2 heterocycles. The van der Waals surface area contributed by atoms with Crippen molar-refractivity contribution in [2.24, 2.45) is 0 Å². The van der Waals surface area contributed by atoms with Gasteiger partial charge in [0.25, 0.3) is 0 Å². The Labute approximate surface area is 129 Å². The maximum absolute atomic E-state index is 10.3. The molecular weight excluding hydrogens is 284 g/mol. The molecular formula is C15H20N4OS. The number of anilines is 1. The Morgan fingerprint density at radius 3 is 2.52 bits per heavy atom. The van der Waals surface area contributed by atoms with Crippen molar-refractivity contribution in [2.45, 2.75) is 13.0 Å². The second kappa shape index (κ2) is 6.51. The molecule has 0 spiro atoms. The van der Waals surface area contributed by atoms with Crippen molar-refractivity contribution < 1.29 is 5.11 Å². The number of aliphatic hydroxyl groups excluding tert-OH is 1. The summed E-state index contributed by atoms with van der Waals surface area (Å²) in [6.07, 6.45) is -0.415. The molecule has 0 unspecified atom stereocenters. The van der Waals surface area contributed by atoms with Crippen molar-refractivity contribution in [1.82, 2.24) is 14.3 Å². The molecule has 3 rings (SSSR count). The van der Waals surface area contributed by atoms with E-state index in [4.69, 9.17) is 0 Å². The minimum Gasteiger partial charge on any atom is -0.387 e. The average Bonchev–Trinajstić information content (AvgIpc) is 2.95. The van der Waals surface area contributed by atoms with Crippen LogP contribution in [0.1, 0.15) is 17.5 Å². The fourth-order valence-corrected chi connectivity index (χ4v) is 3.29. The summed E-state index contributed by atoms with van der Waals surface area (Å²) in [6, 6.07) is 9.86. The van der Waals surface area contributed by atoms with Crippen LogP contribution in [0.3, 0.4) is 0 Å². The lowest BCUT2D eigenvalue weighted by Gasteiger charge is -2.35. The van der Waals surface area contributed by atoms with Crippen LogP contribution in [-0.2, 0) is 0 Å². The minimum atomic E-state index is -0.415. The van der Waals surface area contributed by atoms with E-state index in [1.807, 2.05) is 37.3 Å². The Kier molecular flexibility index (Phi) is 4.48. The summed E-state index contributed by atoms with van der Waals surface area (Å²) in [5.74, 6) is 0.844. The van der Waals surface area contributed by atoms with Crippen molar-refractivity contribution in [2.75, 3.05) is 37.6 Å². The van der Waals surface area contributed by atoms with Gasteiger partial charge in [0, 0.05) is 44.3 Å². The van der Waals surface area contributed by atoms with Crippen LogP contribution < -0.4 is 4.90 Å². The monoisotopic (exact) mass is 304 g/mol. The first kappa shape index (κ1) is 14.4. The van der Waals surface area contributed by atoms with Gasteiger partial charge in [-0.05, 0) is 12.5 Å². The molecule has 0 saturated carbocycles.